The van der Waals surface area contributed by atoms with Crippen LogP contribution in [0.4, 0.5) is 0 Å². The Kier molecular flexibility index (Phi) is 3.94. The van der Waals surface area contributed by atoms with E-state index in [9.17, 15) is 4.79 Å². The Labute approximate surface area is 103 Å². The van der Waals surface area contributed by atoms with E-state index in [-0.39, 0.29) is 5.92 Å². The van der Waals surface area contributed by atoms with E-state index < -0.39 is 0 Å². The minimum absolute atomic E-state index is 0.225. The van der Waals surface area contributed by atoms with Crippen molar-refractivity contribution < 1.29 is 4.79 Å². The number of hydrogen-bond acceptors (Lipinski definition) is 3. The number of aromatic nitrogens is 2. The monoisotopic (exact) mass is 235 g/mol. The Morgan fingerprint density at radius 3 is 3.12 bits per heavy atom. The first-order valence-electron chi connectivity index (χ1n) is 6.44. The van der Waals surface area contributed by atoms with E-state index in [1.165, 1.54) is 5.69 Å². The molecule has 17 heavy (non-hydrogen) atoms. The summed E-state index contributed by atoms with van der Waals surface area (Å²) in [5.74, 6) is 0.225. The van der Waals surface area contributed by atoms with E-state index in [1.807, 2.05) is 6.92 Å². The molecule has 0 spiro atoms. The van der Waals surface area contributed by atoms with Crippen molar-refractivity contribution in [2.75, 3.05) is 13.1 Å². The smallest absolute Gasteiger partial charge is 0.124 e. The Bertz CT molecular complexity index is 386. The normalized spacial score (nSPS) is 21.6. The predicted molar refractivity (Wildman–Crippen MR) is 66.7 cm³/mol. The first kappa shape index (κ1) is 12.3. The molecule has 1 atom stereocenters. The number of aryl methyl sites for hydroxylation is 2. The number of piperidine rings is 1. The zero-order valence-corrected chi connectivity index (χ0v) is 10.7. The molecule has 1 aromatic rings. The zero-order valence-electron chi connectivity index (χ0n) is 10.7. The maximum Gasteiger partial charge on any atom is 0.124 e. The van der Waals surface area contributed by atoms with Crippen LogP contribution in [0.5, 0.6) is 0 Å². The van der Waals surface area contributed by atoms with Crippen LogP contribution in [-0.4, -0.2) is 34.1 Å². The van der Waals surface area contributed by atoms with Crippen LogP contribution in [0.1, 0.15) is 31.2 Å². The molecule has 0 radical (unpaired) electrons. The van der Waals surface area contributed by atoms with Crippen molar-refractivity contribution in [3.05, 3.63) is 17.5 Å². The molecule has 1 aliphatic heterocycles. The standard InChI is InChI=1S/C13H21N3O/c1-3-16-13(7-11(2)14-16)9-15-6-4-5-12(8-15)10-17/h7,10,12H,3-6,8-9H2,1-2H3. The molecule has 2 rings (SSSR count). The lowest BCUT2D eigenvalue weighted by atomic mass is 10.00. The van der Waals surface area contributed by atoms with Crippen molar-refractivity contribution >= 4 is 6.29 Å². The molecule has 1 fully saturated rings. The average molecular weight is 235 g/mol. The summed E-state index contributed by atoms with van der Waals surface area (Å²) in [6.07, 6.45) is 3.28. The fourth-order valence-electron chi connectivity index (χ4n) is 2.58. The fourth-order valence-corrected chi connectivity index (χ4v) is 2.58. The molecule has 0 amide bonds. The second-order valence-electron chi connectivity index (χ2n) is 4.87. The molecule has 2 heterocycles. The minimum Gasteiger partial charge on any atom is -0.303 e. The molecule has 4 heteroatoms. The maximum atomic E-state index is 10.8. The van der Waals surface area contributed by atoms with Gasteiger partial charge < -0.3 is 4.79 Å². The van der Waals surface area contributed by atoms with Gasteiger partial charge >= 0.3 is 0 Å². The fraction of sp³-hybridized carbons (Fsp3) is 0.692. The van der Waals surface area contributed by atoms with Crippen molar-refractivity contribution in [1.82, 2.24) is 14.7 Å². The van der Waals surface area contributed by atoms with E-state index in [2.05, 4.69) is 27.7 Å². The SMILES string of the molecule is CCn1nc(C)cc1CN1CCCC(C=O)C1. The van der Waals surface area contributed by atoms with Crippen molar-refractivity contribution in [1.29, 1.82) is 0 Å². The van der Waals surface area contributed by atoms with Crippen LogP contribution in [0, 0.1) is 12.8 Å². The van der Waals surface area contributed by atoms with Gasteiger partial charge in [-0.1, -0.05) is 0 Å². The summed E-state index contributed by atoms with van der Waals surface area (Å²) >= 11 is 0. The number of rotatable bonds is 4. The first-order valence-corrected chi connectivity index (χ1v) is 6.44. The molecule has 94 valence electrons. The summed E-state index contributed by atoms with van der Waals surface area (Å²) in [4.78, 5) is 13.2. The molecule has 0 aromatic carbocycles. The third-order valence-corrected chi connectivity index (χ3v) is 3.41. The van der Waals surface area contributed by atoms with Gasteiger partial charge in [-0.15, -0.1) is 0 Å². The van der Waals surface area contributed by atoms with E-state index in [4.69, 9.17) is 0 Å². The second-order valence-corrected chi connectivity index (χ2v) is 4.87. The molecule has 1 aliphatic rings. The summed E-state index contributed by atoms with van der Waals surface area (Å²) in [5, 5.41) is 4.45. The highest BCUT2D eigenvalue weighted by Gasteiger charge is 2.20. The zero-order chi connectivity index (χ0) is 12.3. The Balaban J connectivity index is 2.01. The van der Waals surface area contributed by atoms with Crippen molar-refractivity contribution in [2.45, 2.75) is 39.8 Å². The molecule has 0 N–H and O–H groups in total. The van der Waals surface area contributed by atoms with Gasteiger partial charge in [0.1, 0.15) is 6.29 Å². The molecule has 0 bridgehead atoms. The molecule has 0 saturated carbocycles. The van der Waals surface area contributed by atoms with E-state index in [0.717, 1.165) is 51.0 Å². The highest BCUT2D eigenvalue weighted by atomic mass is 16.1. The Morgan fingerprint density at radius 1 is 1.59 bits per heavy atom. The molecular formula is C13H21N3O. The quantitative estimate of drug-likeness (QED) is 0.744. The van der Waals surface area contributed by atoms with Gasteiger partial charge in [0.2, 0.25) is 0 Å². The first-order chi connectivity index (χ1) is 8.22. The van der Waals surface area contributed by atoms with Crippen LogP contribution in [-0.2, 0) is 17.9 Å². The lowest BCUT2D eigenvalue weighted by Crippen LogP contribution is -2.36. The number of aldehydes is 1. The number of carbonyl (C=O) groups excluding carboxylic acids is 1. The molecule has 1 unspecified atom stereocenters. The van der Waals surface area contributed by atoms with Crippen LogP contribution in [0.3, 0.4) is 0 Å². The highest BCUT2D eigenvalue weighted by molar-refractivity contribution is 5.53. The van der Waals surface area contributed by atoms with Crippen LogP contribution < -0.4 is 0 Å². The molecule has 4 nitrogen and oxygen atoms in total. The van der Waals surface area contributed by atoms with Gasteiger partial charge in [0.25, 0.3) is 0 Å². The third kappa shape index (κ3) is 2.94. The summed E-state index contributed by atoms with van der Waals surface area (Å²) in [6.45, 7) is 7.96. The number of nitrogens with zero attached hydrogens (tertiary/aromatic N) is 3. The third-order valence-electron chi connectivity index (χ3n) is 3.41. The molecule has 1 saturated heterocycles. The lowest BCUT2D eigenvalue weighted by Gasteiger charge is -2.30. The van der Waals surface area contributed by atoms with E-state index in [1.54, 1.807) is 0 Å². The Morgan fingerprint density at radius 2 is 2.41 bits per heavy atom. The number of likely N-dealkylation sites (tertiary alicyclic amines) is 1. The molecule has 1 aromatic heterocycles. The predicted octanol–water partition coefficient (Wildman–Crippen LogP) is 1.62. The van der Waals surface area contributed by atoms with Gasteiger partial charge in [0, 0.05) is 25.6 Å². The molecular weight excluding hydrogens is 214 g/mol. The van der Waals surface area contributed by atoms with Gasteiger partial charge in [-0.2, -0.15) is 5.10 Å². The van der Waals surface area contributed by atoms with E-state index >= 15 is 0 Å². The van der Waals surface area contributed by atoms with Crippen molar-refractivity contribution in [3.63, 3.8) is 0 Å². The second kappa shape index (κ2) is 5.45. The van der Waals surface area contributed by atoms with Crippen molar-refractivity contribution in [2.24, 2.45) is 5.92 Å². The minimum atomic E-state index is 0.225. The summed E-state index contributed by atoms with van der Waals surface area (Å²) in [6, 6.07) is 2.15. The van der Waals surface area contributed by atoms with Gasteiger partial charge in [-0.25, -0.2) is 0 Å². The largest absolute Gasteiger partial charge is 0.303 e. The molecule has 0 aliphatic carbocycles. The van der Waals surface area contributed by atoms with Gasteiger partial charge in [0.05, 0.1) is 11.4 Å². The summed E-state index contributed by atoms with van der Waals surface area (Å²) in [5.41, 5.74) is 2.34. The number of hydrogen-bond donors (Lipinski definition) is 0. The van der Waals surface area contributed by atoms with Crippen LogP contribution in [0.2, 0.25) is 0 Å². The van der Waals surface area contributed by atoms with Crippen LogP contribution >= 0.6 is 0 Å². The Hall–Kier alpha value is -1.16. The topological polar surface area (TPSA) is 38.1 Å². The summed E-state index contributed by atoms with van der Waals surface area (Å²) < 4.78 is 2.06. The van der Waals surface area contributed by atoms with Crippen LogP contribution in [0.15, 0.2) is 6.07 Å². The van der Waals surface area contributed by atoms with Gasteiger partial charge in [-0.05, 0) is 39.3 Å². The van der Waals surface area contributed by atoms with Crippen molar-refractivity contribution in [3.8, 4) is 0 Å². The van der Waals surface area contributed by atoms with Gasteiger partial charge in [-0.3, -0.25) is 9.58 Å². The van der Waals surface area contributed by atoms with Crippen LogP contribution in [0.25, 0.3) is 0 Å². The van der Waals surface area contributed by atoms with E-state index in [0.29, 0.717) is 0 Å². The van der Waals surface area contributed by atoms with Gasteiger partial charge in [0.15, 0.2) is 0 Å². The highest BCUT2D eigenvalue weighted by Crippen LogP contribution is 2.17. The maximum absolute atomic E-state index is 10.8. The lowest BCUT2D eigenvalue weighted by molar-refractivity contribution is -0.112. The summed E-state index contributed by atoms with van der Waals surface area (Å²) in [7, 11) is 0. The number of carbonyl (C=O) groups is 1. The average Bonchev–Trinajstić information content (AvgIpc) is 2.69.